The standard InChI is InChI=1S/C18H19N3O2/c1-12-20-16-9-4-13(10-17(16)23-12)11-19-18(22)14-5-7-15(8-6-14)21(2)3/h4-10H,11H2,1-3H3,(H,19,22). The van der Waals surface area contributed by atoms with Gasteiger partial charge in [-0.1, -0.05) is 6.07 Å². The molecular formula is C18H19N3O2. The van der Waals surface area contributed by atoms with E-state index in [9.17, 15) is 4.79 Å². The summed E-state index contributed by atoms with van der Waals surface area (Å²) in [5.74, 6) is 0.548. The van der Waals surface area contributed by atoms with Crippen molar-refractivity contribution in [1.82, 2.24) is 10.3 Å². The molecule has 0 aliphatic rings. The average molecular weight is 309 g/mol. The van der Waals surface area contributed by atoms with Crippen molar-refractivity contribution in [2.75, 3.05) is 19.0 Å². The maximum Gasteiger partial charge on any atom is 0.251 e. The highest BCUT2D eigenvalue weighted by Crippen LogP contribution is 2.17. The Bertz CT molecular complexity index is 835. The van der Waals surface area contributed by atoms with Gasteiger partial charge in [0.05, 0.1) is 0 Å². The van der Waals surface area contributed by atoms with E-state index >= 15 is 0 Å². The van der Waals surface area contributed by atoms with Crippen LogP contribution in [0.15, 0.2) is 46.9 Å². The first-order valence-electron chi connectivity index (χ1n) is 7.44. The number of nitrogens with zero attached hydrogens (tertiary/aromatic N) is 2. The number of anilines is 1. The van der Waals surface area contributed by atoms with Gasteiger partial charge in [-0.25, -0.2) is 4.98 Å². The van der Waals surface area contributed by atoms with E-state index in [2.05, 4.69) is 10.3 Å². The van der Waals surface area contributed by atoms with Crippen molar-refractivity contribution in [1.29, 1.82) is 0 Å². The largest absolute Gasteiger partial charge is 0.441 e. The molecule has 5 heteroatoms. The highest BCUT2D eigenvalue weighted by molar-refractivity contribution is 5.94. The fourth-order valence-corrected chi connectivity index (χ4v) is 2.39. The van der Waals surface area contributed by atoms with E-state index in [0.717, 1.165) is 22.4 Å². The fraction of sp³-hybridized carbons (Fsp3) is 0.222. The van der Waals surface area contributed by atoms with Crippen molar-refractivity contribution in [2.24, 2.45) is 0 Å². The summed E-state index contributed by atoms with van der Waals surface area (Å²) in [7, 11) is 3.94. The van der Waals surface area contributed by atoms with E-state index in [1.165, 1.54) is 0 Å². The molecule has 0 aliphatic carbocycles. The Labute approximate surface area is 134 Å². The van der Waals surface area contributed by atoms with E-state index in [4.69, 9.17) is 4.42 Å². The second-order valence-electron chi connectivity index (χ2n) is 5.66. The molecule has 0 fully saturated rings. The maximum absolute atomic E-state index is 12.2. The van der Waals surface area contributed by atoms with Crippen LogP contribution in [-0.2, 0) is 6.54 Å². The highest BCUT2D eigenvalue weighted by atomic mass is 16.3. The number of nitrogens with one attached hydrogen (secondary N) is 1. The zero-order valence-corrected chi connectivity index (χ0v) is 13.5. The third-order valence-corrected chi connectivity index (χ3v) is 3.66. The average Bonchev–Trinajstić information content (AvgIpc) is 2.92. The van der Waals surface area contributed by atoms with Crippen LogP contribution in [0, 0.1) is 6.92 Å². The zero-order valence-electron chi connectivity index (χ0n) is 13.5. The van der Waals surface area contributed by atoms with Crippen LogP contribution in [0.25, 0.3) is 11.1 Å². The molecular weight excluding hydrogens is 290 g/mol. The molecule has 118 valence electrons. The van der Waals surface area contributed by atoms with Crippen LogP contribution in [-0.4, -0.2) is 25.0 Å². The van der Waals surface area contributed by atoms with Crippen molar-refractivity contribution in [2.45, 2.75) is 13.5 Å². The van der Waals surface area contributed by atoms with Crippen molar-refractivity contribution in [3.63, 3.8) is 0 Å². The zero-order chi connectivity index (χ0) is 16.4. The molecule has 0 bridgehead atoms. The summed E-state index contributed by atoms with van der Waals surface area (Å²) in [5, 5.41) is 2.92. The summed E-state index contributed by atoms with van der Waals surface area (Å²) in [6, 6.07) is 13.3. The van der Waals surface area contributed by atoms with Gasteiger partial charge in [0.25, 0.3) is 5.91 Å². The number of aryl methyl sites for hydroxylation is 1. The molecule has 0 saturated carbocycles. The third-order valence-electron chi connectivity index (χ3n) is 3.66. The van der Waals surface area contributed by atoms with Crippen molar-refractivity contribution in [3.05, 3.63) is 59.5 Å². The predicted octanol–water partition coefficient (Wildman–Crippen LogP) is 3.13. The van der Waals surface area contributed by atoms with Crippen molar-refractivity contribution < 1.29 is 9.21 Å². The molecule has 1 aromatic heterocycles. The third kappa shape index (κ3) is 3.34. The Morgan fingerprint density at radius 3 is 2.61 bits per heavy atom. The molecule has 5 nitrogen and oxygen atoms in total. The minimum absolute atomic E-state index is 0.0934. The van der Waals surface area contributed by atoms with Gasteiger partial charge in [0.1, 0.15) is 5.52 Å². The van der Waals surface area contributed by atoms with Gasteiger partial charge in [0.2, 0.25) is 0 Å². The first kappa shape index (κ1) is 15.1. The maximum atomic E-state index is 12.2. The second kappa shape index (κ2) is 6.12. The Morgan fingerprint density at radius 2 is 1.91 bits per heavy atom. The smallest absolute Gasteiger partial charge is 0.251 e. The van der Waals surface area contributed by atoms with Gasteiger partial charge in [-0.05, 0) is 42.0 Å². The number of carbonyl (C=O) groups excluding carboxylic acids is 1. The molecule has 23 heavy (non-hydrogen) atoms. The number of rotatable bonds is 4. The Morgan fingerprint density at radius 1 is 1.17 bits per heavy atom. The lowest BCUT2D eigenvalue weighted by molar-refractivity contribution is 0.0951. The van der Waals surface area contributed by atoms with Crippen LogP contribution < -0.4 is 10.2 Å². The molecule has 3 rings (SSSR count). The summed E-state index contributed by atoms with van der Waals surface area (Å²) in [4.78, 5) is 18.5. The topological polar surface area (TPSA) is 58.4 Å². The SMILES string of the molecule is Cc1nc2ccc(CNC(=O)c3ccc(N(C)C)cc3)cc2o1. The number of carbonyl (C=O) groups is 1. The van der Waals surface area contributed by atoms with Gasteiger partial charge < -0.3 is 14.6 Å². The fourth-order valence-electron chi connectivity index (χ4n) is 2.39. The Kier molecular flexibility index (Phi) is 4.02. The molecule has 0 aliphatic heterocycles. The molecule has 0 spiro atoms. The number of fused-ring (bicyclic) bond motifs is 1. The number of hydrogen-bond acceptors (Lipinski definition) is 4. The first-order chi connectivity index (χ1) is 11.0. The quantitative estimate of drug-likeness (QED) is 0.804. The van der Waals surface area contributed by atoms with E-state index in [1.54, 1.807) is 0 Å². The van der Waals surface area contributed by atoms with E-state index in [-0.39, 0.29) is 5.91 Å². The monoisotopic (exact) mass is 309 g/mol. The number of amides is 1. The molecule has 1 amide bonds. The molecule has 3 aromatic rings. The van der Waals surface area contributed by atoms with Crippen LogP contribution in [0.1, 0.15) is 21.8 Å². The van der Waals surface area contributed by atoms with Gasteiger partial charge in [0, 0.05) is 38.8 Å². The lowest BCUT2D eigenvalue weighted by Crippen LogP contribution is -2.22. The number of benzene rings is 2. The minimum atomic E-state index is -0.0934. The van der Waals surface area contributed by atoms with Crippen LogP contribution in [0.4, 0.5) is 5.69 Å². The van der Waals surface area contributed by atoms with Crippen molar-refractivity contribution in [3.8, 4) is 0 Å². The van der Waals surface area contributed by atoms with Gasteiger partial charge in [0.15, 0.2) is 11.5 Å². The second-order valence-corrected chi connectivity index (χ2v) is 5.66. The van der Waals surface area contributed by atoms with Crippen molar-refractivity contribution >= 4 is 22.7 Å². The van der Waals surface area contributed by atoms with Crippen LogP contribution in [0.5, 0.6) is 0 Å². The molecule has 0 radical (unpaired) electrons. The molecule has 2 aromatic carbocycles. The molecule has 1 N–H and O–H groups in total. The highest BCUT2D eigenvalue weighted by Gasteiger charge is 2.07. The van der Waals surface area contributed by atoms with E-state index in [0.29, 0.717) is 18.0 Å². The normalized spacial score (nSPS) is 10.7. The van der Waals surface area contributed by atoms with Gasteiger partial charge in [-0.2, -0.15) is 0 Å². The van der Waals surface area contributed by atoms with E-state index < -0.39 is 0 Å². The summed E-state index contributed by atoms with van der Waals surface area (Å²) >= 11 is 0. The summed E-state index contributed by atoms with van der Waals surface area (Å²) in [6.07, 6.45) is 0. The summed E-state index contributed by atoms with van der Waals surface area (Å²) in [6.45, 7) is 2.27. The molecule has 0 saturated heterocycles. The predicted molar refractivity (Wildman–Crippen MR) is 90.7 cm³/mol. The number of aromatic nitrogens is 1. The summed E-state index contributed by atoms with van der Waals surface area (Å²) < 4.78 is 5.51. The number of hydrogen-bond donors (Lipinski definition) is 1. The molecule has 1 heterocycles. The van der Waals surface area contributed by atoms with Crippen LogP contribution in [0.2, 0.25) is 0 Å². The Balaban J connectivity index is 1.67. The Hall–Kier alpha value is -2.82. The van der Waals surface area contributed by atoms with Crippen LogP contribution >= 0.6 is 0 Å². The van der Waals surface area contributed by atoms with Gasteiger partial charge in [-0.3, -0.25) is 4.79 Å². The molecule has 0 unspecified atom stereocenters. The summed E-state index contributed by atoms with van der Waals surface area (Å²) in [5.41, 5.74) is 4.26. The van der Waals surface area contributed by atoms with Crippen LogP contribution in [0.3, 0.4) is 0 Å². The first-order valence-corrected chi connectivity index (χ1v) is 7.44. The lowest BCUT2D eigenvalue weighted by atomic mass is 10.1. The van der Waals surface area contributed by atoms with E-state index in [1.807, 2.05) is 68.4 Å². The number of oxazole rings is 1. The lowest BCUT2D eigenvalue weighted by Gasteiger charge is -2.12. The minimum Gasteiger partial charge on any atom is -0.441 e. The van der Waals surface area contributed by atoms with Gasteiger partial charge >= 0.3 is 0 Å². The van der Waals surface area contributed by atoms with Gasteiger partial charge in [-0.15, -0.1) is 0 Å². The molecule has 0 atom stereocenters.